The second-order valence-corrected chi connectivity index (χ2v) is 4.10. The lowest BCUT2D eigenvalue weighted by molar-refractivity contribution is -0.139. The third-order valence-electron chi connectivity index (χ3n) is 2.69. The van der Waals surface area contributed by atoms with Crippen LogP contribution in [0.25, 0.3) is 5.65 Å². The number of hydrogen-bond acceptors (Lipinski definition) is 3. The molecule has 0 amide bonds. The quantitative estimate of drug-likeness (QED) is 0.833. The summed E-state index contributed by atoms with van der Waals surface area (Å²) in [5.41, 5.74) is 2.85. The maximum atomic E-state index is 10.7. The highest BCUT2D eigenvalue weighted by Gasteiger charge is 2.10. The molecule has 0 bridgehead atoms. The lowest BCUT2D eigenvalue weighted by Gasteiger charge is -2.06. The molecule has 1 atom stereocenters. The van der Waals surface area contributed by atoms with Crippen molar-refractivity contribution in [1.29, 1.82) is 0 Å². The molecule has 2 N–H and O–H groups in total. The average Bonchev–Trinajstić information content (AvgIpc) is 2.70. The molecule has 2 heterocycles. The molecule has 0 fully saturated rings. The first-order chi connectivity index (χ1) is 8.08. The molecule has 5 nitrogen and oxygen atoms in total. The number of nitrogens with zero attached hydrogens (tertiary/aromatic N) is 2. The number of aryl methyl sites for hydroxylation is 1. The van der Waals surface area contributed by atoms with Crippen LogP contribution in [0, 0.1) is 6.92 Å². The molecule has 0 spiro atoms. The summed E-state index contributed by atoms with van der Waals surface area (Å²) in [6.07, 6.45) is 3.84. The zero-order chi connectivity index (χ0) is 12.4. The van der Waals surface area contributed by atoms with Crippen LogP contribution in [-0.2, 0) is 11.3 Å². The minimum Gasteiger partial charge on any atom is -0.480 e. The highest BCUT2D eigenvalue weighted by Crippen LogP contribution is 2.09. The zero-order valence-electron chi connectivity index (χ0n) is 9.84. The van der Waals surface area contributed by atoms with E-state index in [1.165, 1.54) is 0 Å². The van der Waals surface area contributed by atoms with Crippen LogP contribution >= 0.6 is 0 Å². The van der Waals surface area contributed by atoms with E-state index in [0.717, 1.165) is 16.9 Å². The number of rotatable bonds is 4. The van der Waals surface area contributed by atoms with Crippen molar-refractivity contribution in [1.82, 2.24) is 14.7 Å². The van der Waals surface area contributed by atoms with Gasteiger partial charge in [-0.2, -0.15) is 0 Å². The standard InChI is InChI=1S/C12H15N3O2/c1-8-4-3-5-15-7-10(14-11(8)15)6-13-9(2)12(16)17/h3-5,7,9,13H,6H2,1-2H3,(H,16,17). The first-order valence-electron chi connectivity index (χ1n) is 5.47. The maximum Gasteiger partial charge on any atom is 0.320 e. The summed E-state index contributed by atoms with van der Waals surface area (Å²) in [5, 5.41) is 11.7. The Morgan fingerprint density at radius 1 is 1.65 bits per heavy atom. The molecule has 5 heteroatoms. The third kappa shape index (κ3) is 2.45. The van der Waals surface area contributed by atoms with Crippen LogP contribution in [-0.4, -0.2) is 26.5 Å². The van der Waals surface area contributed by atoms with E-state index in [0.29, 0.717) is 6.54 Å². The summed E-state index contributed by atoms with van der Waals surface area (Å²) >= 11 is 0. The Labute approximate surface area is 99.1 Å². The topological polar surface area (TPSA) is 66.6 Å². The Morgan fingerprint density at radius 2 is 2.41 bits per heavy atom. The molecular formula is C12H15N3O2. The van der Waals surface area contributed by atoms with E-state index in [2.05, 4.69) is 10.3 Å². The fourth-order valence-electron chi connectivity index (χ4n) is 1.63. The number of aliphatic carboxylic acids is 1. The number of hydrogen-bond donors (Lipinski definition) is 2. The molecule has 0 aromatic carbocycles. The number of imidazole rings is 1. The summed E-state index contributed by atoms with van der Waals surface area (Å²) in [5.74, 6) is -0.857. The summed E-state index contributed by atoms with van der Waals surface area (Å²) in [4.78, 5) is 15.1. The molecule has 0 saturated heterocycles. The fourth-order valence-corrected chi connectivity index (χ4v) is 1.63. The SMILES string of the molecule is Cc1cccn2cc(CNC(C)C(=O)O)nc12. The van der Waals surface area contributed by atoms with Crippen LogP contribution in [0.3, 0.4) is 0 Å². The van der Waals surface area contributed by atoms with Crippen molar-refractivity contribution < 1.29 is 9.90 Å². The van der Waals surface area contributed by atoms with Crippen LogP contribution < -0.4 is 5.32 Å². The number of nitrogens with one attached hydrogen (secondary N) is 1. The number of pyridine rings is 1. The number of fused-ring (bicyclic) bond motifs is 1. The predicted octanol–water partition coefficient (Wildman–Crippen LogP) is 1.21. The normalized spacial score (nSPS) is 12.8. The molecule has 0 saturated carbocycles. The summed E-state index contributed by atoms with van der Waals surface area (Å²) in [7, 11) is 0. The van der Waals surface area contributed by atoms with Crippen LogP contribution in [0.2, 0.25) is 0 Å². The molecule has 17 heavy (non-hydrogen) atoms. The second-order valence-electron chi connectivity index (χ2n) is 4.10. The third-order valence-corrected chi connectivity index (χ3v) is 2.69. The van der Waals surface area contributed by atoms with Crippen LogP contribution in [0.4, 0.5) is 0 Å². The van der Waals surface area contributed by atoms with Gasteiger partial charge in [0.2, 0.25) is 0 Å². The van der Waals surface area contributed by atoms with Gasteiger partial charge in [0, 0.05) is 18.9 Å². The van der Waals surface area contributed by atoms with Gasteiger partial charge in [-0.3, -0.25) is 10.1 Å². The van der Waals surface area contributed by atoms with Crippen molar-refractivity contribution in [3.63, 3.8) is 0 Å². The summed E-state index contributed by atoms with van der Waals surface area (Å²) in [6, 6.07) is 3.39. The van der Waals surface area contributed by atoms with Gasteiger partial charge in [0.1, 0.15) is 11.7 Å². The summed E-state index contributed by atoms with van der Waals surface area (Å²) in [6.45, 7) is 4.07. The van der Waals surface area contributed by atoms with Crippen molar-refractivity contribution in [2.24, 2.45) is 0 Å². The average molecular weight is 233 g/mol. The van der Waals surface area contributed by atoms with Gasteiger partial charge in [0.25, 0.3) is 0 Å². The van der Waals surface area contributed by atoms with Crippen LogP contribution in [0.1, 0.15) is 18.2 Å². The number of aromatic nitrogens is 2. The number of carboxylic acids is 1. The van der Waals surface area contributed by atoms with Gasteiger partial charge in [-0.1, -0.05) is 6.07 Å². The molecule has 0 aliphatic heterocycles. The van der Waals surface area contributed by atoms with E-state index in [9.17, 15) is 4.79 Å². The molecule has 0 radical (unpaired) electrons. The van der Waals surface area contributed by atoms with E-state index in [4.69, 9.17) is 5.11 Å². The fraction of sp³-hybridized carbons (Fsp3) is 0.333. The van der Waals surface area contributed by atoms with Gasteiger partial charge in [-0.25, -0.2) is 4.98 Å². The van der Waals surface area contributed by atoms with Gasteiger partial charge >= 0.3 is 5.97 Å². The van der Waals surface area contributed by atoms with Crippen molar-refractivity contribution in [3.8, 4) is 0 Å². The molecule has 90 valence electrons. The van der Waals surface area contributed by atoms with Crippen molar-refractivity contribution in [2.75, 3.05) is 0 Å². The highest BCUT2D eigenvalue weighted by molar-refractivity contribution is 5.72. The second kappa shape index (κ2) is 4.55. The Morgan fingerprint density at radius 3 is 3.06 bits per heavy atom. The van der Waals surface area contributed by atoms with E-state index in [1.807, 2.05) is 35.9 Å². The largest absolute Gasteiger partial charge is 0.480 e. The Kier molecular flexibility index (Phi) is 3.10. The zero-order valence-corrected chi connectivity index (χ0v) is 9.84. The molecule has 2 aromatic heterocycles. The molecule has 2 aromatic rings. The van der Waals surface area contributed by atoms with Crippen LogP contribution in [0.15, 0.2) is 24.5 Å². The van der Waals surface area contributed by atoms with E-state index in [1.54, 1.807) is 6.92 Å². The minimum atomic E-state index is -0.857. The van der Waals surface area contributed by atoms with Gasteiger partial charge in [0.05, 0.1) is 5.69 Å². The van der Waals surface area contributed by atoms with Crippen LogP contribution in [0.5, 0.6) is 0 Å². The summed E-state index contributed by atoms with van der Waals surface area (Å²) < 4.78 is 1.94. The first-order valence-corrected chi connectivity index (χ1v) is 5.47. The molecular weight excluding hydrogens is 218 g/mol. The van der Waals surface area contributed by atoms with E-state index < -0.39 is 12.0 Å². The smallest absolute Gasteiger partial charge is 0.320 e. The lowest BCUT2D eigenvalue weighted by atomic mass is 10.3. The Balaban J connectivity index is 2.15. The molecule has 0 aliphatic rings. The molecule has 2 rings (SSSR count). The number of carbonyl (C=O) groups is 1. The predicted molar refractivity (Wildman–Crippen MR) is 63.9 cm³/mol. The highest BCUT2D eigenvalue weighted by atomic mass is 16.4. The monoisotopic (exact) mass is 233 g/mol. The van der Waals surface area contributed by atoms with E-state index >= 15 is 0 Å². The van der Waals surface area contributed by atoms with Crippen molar-refractivity contribution >= 4 is 11.6 Å². The van der Waals surface area contributed by atoms with Gasteiger partial charge in [0.15, 0.2) is 0 Å². The minimum absolute atomic E-state index is 0.453. The van der Waals surface area contributed by atoms with Gasteiger partial charge in [-0.15, -0.1) is 0 Å². The number of carboxylic acid groups (broad SMARTS) is 1. The maximum absolute atomic E-state index is 10.7. The van der Waals surface area contributed by atoms with Crippen molar-refractivity contribution in [3.05, 3.63) is 35.8 Å². The first kappa shape index (κ1) is 11.6. The van der Waals surface area contributed by atoms with E-state index in [-0.39, 0.29) is 0 Å². The van der Waals surface area contributed by atoms with Gasteiger partial charge in [-0.05, 0) is 25.5 Å². The Bertz CT molecular complexity index is 548. The Hall–Kier alpha value is -1.88. The lowest BCUT2D eigenvalue weighted by Crippen LogP contribution is -2.33. The van der Waals surface area contributed by atoms with Gasteiger partial charge < -0.3 is 9.51 Å². The molecule has 0 aliphatic carbocycles. The molecule has 1 unspecified atom stereocenters. The van der Waals surface area contributed by atoms with Crippen molar-refractivity contribution in [2.45, 2.75) is 26.4 Å².